The number of methoxy groups -OCH3 is 1. The highest BCUT2D eigenvalue weighted by molar-refractivity contribution is 7.10. The van der Waals surface area contributed by atoms with Gasteiger partial charge < -0.3 is 34.3 Å². The highest BCUT2D eigenvalue weighted by Gasteiger charge is 2.47. The fraction of sp³-hybridized carbons (Fsp3) is 0.558. The van der Waals surface area contributed by atoms with Crippen molar-refractivity contribution in [3.05, 3.63) is 52.1 Å². The predicted molar refractivity (Wildman–Crippen MR) is 223 cm³/mol. The van der Waals surface area contributed by atoms with Gasteiger partial charge >= 0.3 is 5.97 Å². The number of halogens is 1. The number of aryl methyl sites for hydroxylation is 1. The Hall–Kier alpha value is -4.48. The molecule has 59 heavy (non-hydrogen) atoms. The fourth-order valence-corrected chi connectivity index (χ4v) is 9.44. The molecule has 16 heteroatoms. The molecule has 0 spiro atoms. The highest BCUT2D eigenvalue weighted by Crippen LogP contribution is 2.43. The molecule has 4 aliphatic rings. The topological polar surface area (TPSA) is 154 Å². The van der Waals surface area contributed by atoms with Gasteiger partial charge in [-0.2, -0.15) is 5.43 Å². The van der Waals surface area contributed by atoms with Gasteiger partial charge in [0.2, 0.25) is 11.6 Å². The molecule has 0 unspecified atom stereocenters. The Balaban J connectivity index is 1.27. The first-order valence-electron chi connectivity index (χ1n) is 20.7. The highest BCUT2D eigenvalue weighted by atomic mass is 32.1. The number of aliphatic hydroxyl groups is 1. The van der Waals surface area contributed by atoms with Crippen molar-refractivity contribution in [1.29, 1.82) is 0 Å². The van der Waals surface area contributed by atoms with Crippen LogP contribution in [0.5, 0.6) is 0 Å². The van der Waals surface area contributed by atoms with E-state index in [1.54, 1.807) is 7.11 Å². The van der Waals surface area contributed by atoms with Crippen LogP contribution in [0.1, 0.15) is 69.3 Å². The Labute approximate surface area is 348 Å². The number of amides is 2. The summed E-state index contributed by atoms with van der Waals surface area (Å²) in [6, 6.07) is 7.46. The minimum absolute atomic E-state index is 0.0164. The summed E-state index contributed by atoms with van der Waals surface area (Å²) in [7, 11) is 3.83. The normalized spacial score (nSPS) is 25.7. The second-order valence-corrected chi connectivity index (χ2v) is 18.3. The maximum absolute atomic E-state index is 14.1. The lowest BCUT2D eigenvalue weighted by atomic mass is 9.84. The second-order valence-electron chi connectivity index (χ2n) is 17.3. The summed E-state index contributed by atoms with van der Waals surface area (Å²) in [6.07, 6.45) is 1.37. The first-order valence-corrected chi connectivity index (χ1v) is 21.6. The van der Waals surface area contributed by atoms with E-state index in [9.17, 15) is 23.9 Å². The third-order valence-electron chi connectivity index (χ3n) is 12.2. The Morgan fingerprint density at radius 3 is 2.66 bits per heavy atom. The molecule has 2 amide bonds. The van der Waals surface area contributed by atoms with Gasteiger partial charge in [0.1, 0.15) is 12.2 Å². The average Bonchev–Trinajstić information content (AvgIpc) is 3.65. The van der Waals surface area contributed by atoms with Crippen molar-refractivity contribution in [2.24, 2.45) is 11.3 Å². The first-order chi connectivity index (χ1) is 28.2. The Morgan fingerprint density at radius 2 is 1.95 bits per heavy atom. The molecule has 2 saturated heterocycles. The number of nitrogens with one attached hydrogen (secondary N) is 2. The zero-order chi connectivity index (χ0) is 41.8. The number of benzene rings is 1. The van der Waals surface area contributed by atoms with Crippen LogP contribution in [0.3, 0.4) is 0 Å². The SMILES string of the molecule is CCn1c(-c2cc(N3CCN(C)CC3)cnc2[C@H](C)OC)c2c3cc(ccc31)-c1csc(n1)C[C@H](NC(=O)[C@H]1C[C@H]1F)C(=O)N1CCC[C@@](O)(N1)C(=O)OCC(C)(C)C2. The van der Waals surface area contributed by atoms with Crippen molar-refractivity contribution in [3.63, 3.8) is 0 Å². The molecule has 1 saturated carbocycles. The summed E-state index contributed by atoms with van der Waals surface area (Å²) in [4.78, 5) is 55.7. The molecule has 3 fully saturated rings. The summed E-state index contributed by atoms with van der Waals surface area (Å²) in [5.74, 6) is -2.82. The second kappa shape index (κ2) is 16.2. The summed E-state index contributed by atoms with van der Waals surface area (Å²) in [6.45, 7) is 12.7. The van der Waals surface area contributed by atoms with Gasteiger partial charge in [-0.15, -0.1) is 11.3 Å². The number of carbonyl (C=O) groups is 3. The molecular weight excluding hydrogens is 776 g/mol. The number of hydrazine groups is 1. The molecule has 3 aliphatic heterocycles. The number of hydrogen-bond donors (Lipinski definition) is 3. The van der Waals surface area contributed by atoms with E-state index >= 15 is 0 Å². The van der Waals surface area contributed by atoms with E-state index in [1.165, 1.54) is 16.3 Å². The molecule has 1 aliphatic carbocycles. The van der Waals surface area contributed by atoms with Crippen molar-refractivity contribution in [1.82, 2.24) is 35.2 Å². The van der Waals surface area contributed by atoms with E-state index in [2.05, 4.69) is 63.3 Å². The van der Waals surface area contributed by atoms with Crippen LogP contribution in [0.2, 0.25) is 0 Å². The van der Waals surface area contributed by atoms with Crippen LogP contribution in [0.15, 0.2) is 35.8 Å². The van der Waals surface area contributed by atoms with Crippen LogP contribution >= 0.6 is 11.3 Å². The molecule has 14 nitrogen and oxygen atoms in total. The summed E-state index contributed by atoms with van der Waals surface area (Å²) in [5.41, 5.74) is 7.46. The lowest BCUT2D eigenvalue weighted by molar-refractivity contribution is -0.189. The predicted octanol–water partition coefficient (Wildman–Crippen LogP) is 4.63. The molecule has 8 rings (SSSR count). The molecular formula is C43H55FN8O6S. The van der Waals surface area contributed by atoms with Gasteiger partial charge in [-0.1, -0.05) is 19.9 Å². The van der Waals surface area contributed by atoms with Crippen LogP contribution in [0.25, 0.3) is 33.4 Å². The standard InChI is InChI=1S/C43H55FN8O6S/c1-7-51-35-10-9-26-17-28(35)31(38(51)30-18-27(22-45-37(30)25(2)57-6)50-15-13-49(5)14-16-50)21-42(3,4)24-58-41(55)43(56)11-8-12-52(48-43)40(54)33(20-36-46-34(26)23-59-36)47-39(53)29-19-32(29)44/h9-10,17-18,22-23,25,29,32-33,48,56H,7-8,11-16,19-21,24H2,1-6H3,(H,47,53)/t25-,29-,32+,33-,43-/m0/s1. The number of thiazole rings is 1. The zero-order valence-corrected chi connectivity index (χ0v) is 35.5. The van der Waals surface area contributed by atoms with Gasteiger partial charge in [0, 0.05) is 92.0 Å². The lowest BCUT2D eigenvalue weighted by Gasteiger charge is -2.40. The van der Waals surface area contributed by atoms with Gasteiger partial charge in [-0.25, -0.2) is 14.2 Å². The number of carbonyl (C=O) groups excluding carboxylic acids is 3. The number of fused-ring (bicyclic) bond motifs is 6. The number of rotatable bonds is 7. The first kappa shape index (κ1) is 41.3. The number of ether oxygens (including phenoxy) is 2. The lowest BCUT2D eigenvalue weighted by Crippen LogP contribution is -2.67. The molecule has 6 heterocycles. The number of piperazine rings is 1. The Kier molecular flexibility index (Phi) is 11.3. The van der Waals surface area contributed by atoms with Crippen molar-refractivity contribution in [2.75, 3.05) is 58.4 Å². The molecule has 3 aromatic heterocycles. The number of hydrogen-bond acceptors (Lipinski definition) is 12. The van der Waals surface area contributed by atoms with E-state index in [0.29, 0.717) is 24.4 Å². The quantitative estimate of drug-likeness (QED) is 0.224. The summed E-state index contributed by atoms with van der Waals surface area (Å²) >= 11 is 1.37. The maximum atomic E-state index is 14.1. The van der Waals surface area contributed by atoms with Crippen molar-refractivity contribution >= 4 is 45.7 Å². The number of likely N-dealkylation sites (N-methyl/N-ethyl adjacent to an activating group) is 1. The monoisotopic (exact) mass is 830 g/mol. The van der Waals surface area contributed by atoms with Crippen molar-refractivity contribution in [3.8, 4) is 22.5 Å². The molecule has 3 N–H and O–H groups in total. The minimum atomic E-state index is -2.18. The van der Waals surface area contributed by atoms with Gasteiger partial charge in [-0.3, -0.25) is 19.6 Å². The van der Waals surface area contributed by atoms with Crippen molar-refractivity contribution < 1.29 is 33.4 Å². The molecule has 316 valence electrons. The van der Waals surface area contributed by atoms with Gasteiger partial charge in [0.05, 0.1) is 52.6 Å². The number of anilines is 1. The van der Waals surface area contributed by atoms with Crippen LogP contribution in [0.4, 0.5) is 10.1 Å². The average molecular weight is 831 g/mol. The number of pyridine rings is 1. The number of aromatic nitrogens is 3. The number of cyclic esters (lactones) is 1. The summed E-state index contributed by atoms with van der Waals surface area (Å²) in [5, 5.41) is 19.1. The molecule has 1 aromatic carbocycles. The number of esters is 1. The number of alkyl halides is 1. The van der Waals surface area contributed by atoms with E-state index in [4.69, 9.17) is 19.4 Å². The van der Waals surface area contributed by atoms with E-state index in [-0.39, 0.29) is 38.5 Å². The zero-order valence-electron chi connectivity index (χ0n) is 34.7. The summed E-state index contributed by atoms with van der Waals surface area (Å²) < 4.78 is 28.2. The molecule has 6 bridgehead atoms. The van der Waals surface area contributed by atoms with E-state index < -0.39 is 47.1 Å². The third kappa shape index (κ3) is 8.21. The van der Waals surface area contributed by atoms with Gasteiger partial charge in [0.25, 0.3) is 5.91 Å². The Morgan fingerprint density at radius 1 is 1.19 bits per heavy atom. The largest absolute Gasteiger partial charge is 0.462 e. The van der Waals surface area contributed by atoms with E-state index in [0.717, 1.165) is 76.5 Å². The minimum Gasteiger partial charge on any atom is -0.462 e. The maximum Gasteiger partial charge on any atom is 0.355 e. The van der Waals surface area contributed by atoms with E-state index in [1.807, 2.05) is 32.3 Å². The van der Waals surface area contributed by atoms with Crippen molar-refractivity contribution in [2.45, 2.75) is 90.4 Å². The van der Waals surface area contributed by atoms with Crippen LogP contribution in [-0.4, -0.2) is 119 Å². The molecule has 0 radical (unpaired) electrons. The smallest absolute Gasteiger partial charge is 0.355 e. The Bertz CT molecular complexity index is 2250. The number of nitrogens with zero attached hydrogens (tertiary/aromatic N) is 6. The molecule has 5 atom stereocenters. The fourth-order valence-electron chi connectivity index (χ4n) is 8.59. The molecule has 4 aromatic rings. The van der Waals surface area contributed by atoms with Gasteiger partial charge in [0.15, 0.2) is 0 Å². The third-order valence-corrected chi connectivity index (χ3v) is 13.1. The van der Waals surface area contributed by atoms with Crippen LogP contribution in [-0.2, 0) is 43.2 Å². The van der Waals surface area contributed by atoms with Crippen LogP contribution in [0, 0.1) is 11.3 Å². The van der Waals surface area contributed by atoms with Crippen LogP contribution < -0.4 is 15.6 Å². The van der Waals surface area contributed by atoms with Gasteiger partial charge in [-0.05, 0) is 63.9 Å².